The van der Waals surface area contributed by atoms with Gasteiger partial charge in [-0.15, -0.1) is 0 Å². The molecule has 2 nitrogen and oxygen atoms in total. The van der Waals surface area contributed by atoms with E-state index in [1.54, 1.807) is 11.8 Å². The Hall–Kier alpha value is -3.43. The van der Waals surface area contributed by atoms with Gasteiger partial charge < -0.3 is 10.2 Å². The van der Waals surface area contributed by atoms with Crippen molar-refractivity contribution in [2.45, 2.75) is 16.2 Å². The van der Waals surface area contributed by atoms with E-state index in [4.69, 9.17) is 0 Å². The molecule has 5 aromatic rings. The Bertz CT molecular complexity index is 1240. The molecule has 0 saturated carbocycles. The molecule has 0 spiro atoms. The first-order valence-electron chi connectivity index (χ1n) is 9.87. The Morgan fingerprint density at radius 3 is 1.93 bits per heavy atom. The van der Waals surface area contributed by atoms with E-state index in [2.05, 4.69) is 12.1 Å². The summed E-state index contributed by atoms with van der Waals surface area (Å²) in [6.07, 6.45) is 0.685. The van der Waals surface area contributed by atoms with E-state index in [9.17, 15) is 10.2 Å². The molecule has 0 heterocycles. The second-order valence-corrected chi connectivity index (χ2v) is 8.41. The van der Waals surface area contributed by atoms with Gasteiger partial charge in [-0.3, -0.25) is 0 Å². The van der Waals surface area contributed by atoms with Gasteiger partial charge in [0.15, 0.2) is 0 Å². The average Bonchev–Trinajstić information content (AvgIpc) is 2.79. The van der Waals surface area contributed by atoms with Crippen LogP contribution in [-0.2, 0) is 6.42 Å². The molecular weight excluding hydrogens is 388 g/mol. The Kier molecular flexibility index (Phi) is 4.82. The standard InChI is InChI=1S/C27H20O2S/c28-26-21-14-7-11-19(17-18-9-3-1-4-10-18)24(21)27(29)25-22(26)15-8-16-23(25)30-20-12-5-2-6-13-20/h1-16,28-29H,17H2. The van der Waals surface area contributed by atoms with Crippen LogP contribution in [0.25, 0.3) is 21.5 Å². The summed E-state index contributed by atoms with van der Waals surface area (Å²) in [5, 5.41) is 25.3. The molecule has 0 aliphatic carbocycles. The van der Waals surface area contributed by atoms with E-state index >= 15 is 0 Å². The summed E-state index contributed by atoms with van der Waals surface area (Å²) in [4.78, 5) is 2.00. The minimum atomic E-state index is 0.211. The van der Waals surface area contributed by atoms with Gasteiger partial charge in [-0.05, 0) is 35.7 Å². The molecule has 5 aromatic carbocycles. The summed E-state index contributed by atoms with van der Waals surface area (Å²) >= 11 is 1.59. The first kappa shape index (κ1) is 18.6. The van der Waals surface area contributed by atoms with Gasteiger partial charge >= 0.3 is 0 Å². The minimum Gasteiger partial charge on any atom is -0.507 e. The Labute approximate surface area is 179 Å². The van der Waals surface area contributed by atoms with Crippen LogP contribution in [0.3, 0.4) is 0 Å². The normalized spacial score (nSPS) is 11.2. The van der Waals surface area contributed by atoms with Gasteiger partial charge in [0.05, 0.1) is 0 Å². The highest BCUT2D eigenvalue weighted by molar-refractivity contribution is 7.99. The first-order valence-corrected chi connectivity index (χ1v) is 10.7. The predicted octanol–water partition coefficient (Wildman–Crippen LogP) is 7.15. The quantitative estimate of drug-likeness (QED) is 0.245. The van der Waals surface area contributed by atoms with Gasteiger partial charge in [0.1, 0.15) is 11.5 Å². The fourth-order valence-corrected chi connectivity index (χ4v) is 4.99. The lowest BCUT2D eigenvalue weighted by Crippen LogP contribution is -1.92. The molecule has 2 N–H and O–H groups in total. The summed E-state index contributed by atoms with van der Waals surface area (Å²) in [5.41, 5.74) is 2.16. The van der Waals surface area contributed by atoms with Gasteiger partial charge in [-0.2, -0.15) is 0 Å². The van der Waals surface area contributed by atoms with Gasteiger partial charge in [-0.1, -0.05) is 90.6 Å². The van der Waals surface area contributed by atoms with E-state index < -0.39 is 0 Å². The SMILES string of the molecule is Oc1c2cccc(Cc3ccccc3)c2c(O)c2c(Sc3ccccc3)cccc12. The Morgan fingerprint density at radius 2 is 1.20 bits per heavy atom. The molecular formula is C27H20O2S. The van der Waals surface area contributed by atoms with Crippen LogP contribution in [0.15, 0.2) is 107 Å². The lowest BCUT2D eigenvalue weighted by molar-refractivity contribution is 0.477. The van der Waals surface area contributed by atoms with E-state index in [0.717, 1.165) is 20.9 Å². The van der Waals surface area contributed by atoms with Crippen LogP contribution < -0.4 is 0 Å². The number of benzene rings is 5. The van der Waals surface area contributed by atoms with Gasteiger partial charge in [0, 0.05) is 31.3 Å². The summed E-state index contributed by atoms with van der Waals surface area (Å²) < 4.78 is 0. The number of phenolic OH excluding ortho intramolecular Hbond substituents is 2. The second kappa shape index (κ2) is 7.77. The Morgan fingerprint density at radius 1 is 0.567 bits per heavy atom. The van der Waals surface area contributed by atoms with Gasteiger partial charge in [0.25, 0.3) is 0 Å². The van der Waals surface area contributed by atoms with Crippen molar-refractivity contribution in [1.82, 2.24) is 0 Å². The monoisotopic (exact) mass is 408 g/mol. The summed E-state index contributed by atoms with van der Waals surface area (Å²) in [6.45, 7) is 0. The van der Waals surface area contributed by atoms with E-state index in [0.29, 0.717) is 28.0 Å². The average molecular weight is 409 g/mol. The lowest BCUT2D eigenvalue weighted by atomic mass is 9.94. The minimum absolute atomic E-state index is 0.211. The summed E-state index contributed by atoms with van der Waals surface area (Å²) in [5.74, 6) is 0.437. The van der Waals surface area contributed by atoms with E-state index in [-0.39, 0.29) is 11.5 Å². The molecule has 0 radical (unpaired) electrons. The molecule has 0 aliphatic rings. The number of aromatic hydroxyl groups is 2. The molecule has 5 rings (SSSR count). The summed E-state index contributed by atoms with van der Waals surface area (Å²) in [6, 6.07) is 31.9. The third-order valence-electron chi connectivity index (χ3n) is 5.37. The van der Waals surface area contributed by atoms with Crippen molar-refractivity contribution in [3.05, 3.63) is 108 Å². The first-order chi connectivity index (χ1) is 14.7. The molecule has 146 valence electrons. The molecule has 0 amide bonds. The van der Waals surface area contributed by atoms with Crippen molar-refractivity contribution in [3.63, 3.8) is 0 Å². The van der Waals surface area contributed by atoms with Gasteiger partial charge in [0.2, 0.25) is 0 Å². The summed E-state index contributed by atoms with van der Waals surface area (Å²) in [7, 11) is 0. The van der Waals surface area contributed by atoms with Crippen LogP contribution in [0.5, 0.6) is 11.5 Å². The third kappa shape index (κ3) is 3.27. The maximum atomic E-state index is 11.4. The number of hydrogen-bond donors (Lipinski definition) is 2. The van der Waals surface area contributed by atoms with Crippen molar-refractivity contribution >= 4 is 33.3 Å². The zero-order chi connectivity index (χ0) is 20.5. The van der Waals surface area contributed by atoms with Crippen LogP contribution in [0.1, 0.15) is 11.1 Å². The van der Waals surface area contributed by atoms with E-state index in [1.165, 1.54) is 0 Å². The fourth-order valence-electron chi connectivity index (χ4n) is 3.98. The molecule has 0 unspecified atom stereocenters. The van der Waals surface area contributed by atoms with E-state index in [1.807, 2.05) is 84.9 Å². The largest absolute Gasteiger partial charge is 0.507 e. The number of phenols is 2. The molecule has 3 heteroatoms. The van der Waals surface area contributed by atoms with Crippen LogP contribution in [0.4, 0.5) is 0 Å². The molecule has 0 atom stereocenters. The zero-order valence-corrected chi connectivity index (χ0v) is 17.1. The van der Waals surface area contributed by atoms with Crippen molar-refractivity contribution in [1.29, 1.82) is 0 Å². The maximum Gasteiger partial charge on any atom is 0.132 e. The van der Waals surface area contributed by atoms with Crippen LogP contribution in [-0.4, -0.2) is 10.2 Å². The molecule has 0 aliphatic heterocycles. The Balaban J connectivity index is 1.75. The van der Waals surface area contributed by atoms with Crippen LogP contribution in [0.2, 0.25) is 0 Å². The van der Waals surface area contributed by atoms with Crippen molar-refractivity contribution < 1.29 is 10.2 Å². The molecule has 0 aromatic heterocycles. The van der Waals surface area contributed by atoms with Crippen LogP contribution >= 0.6 is 11.8 Å². The van der Waals surface area contributed by atoms with Gasteiger partial charge in [-0.25, -0.2) is 0 Å². The van der Waals surface area contributed by atoms with Crippen LogP contribution in [0, 0.1) is 0 Å². The molecule has 0 bridgehead atoms. The molecule has 0 saturated heterocycles. The molecule has 30 heavy (non-hydrogen) atoms. The third-order valence-corrected chi connectivity index (χ3v) is 6.44. The zero-order valence-electron chi connectivity index (χ0n) is 16.2. The highest BCUT2D eigenvalue weighted by atomic mass is 32.2. The fraction of sp³-hybridized carbons (Fsp3) is 0.0370. The highest BCUT2D eigenvalue weighted by Gasteiger charge is 2.18. The van der Waals surface area contributed by atoms with Crippen molar-refractivity contribution in [3.8, 4) is 11.5 Å². The number of fused-ring (bicyclic) bond motifs is 2. The smallest absolute Gasteiger partial charge is 0.132 e. The molecule has 0 fully saturated rings. The topological polar surface area (TPSA) is 40.5 Å². The highest BCUT2D eigenvalue weighted by Crippen LogP contribution is 2.47. The number of hydrogen-bond acceptors (Lipinski definition) is 3. The maximum absolute atomic E-state index is 11.4. The number of rotatable bonds is 4. The van der Waals surface area contributed by atoms with Crippen molar-refractivity contribution in [2.75, 3.05) is 0 Å². The second-order valence-electron chi connectivity index (χ2n) is 7.29. The van der Waals surface area contributed by atoms with Crippen molar-refractivity contribution in [2.24, 2.45) is 0 Å². The lowest BCUT2D eigenvalue weighted by Gasteiger charge is -2.16. The predicted molar refractivity (Wildman–Crippen MR) is 125 cm³/mol.